The maximum Gasteiger partial charge on any atom is 0.197 e. The summed E-state index contributed by atoms with van der Waals surface area (Å²) in [6, 6.07) is 36.8. The van der Waals surface area contributed by atoms with Crippen LogP contribution in [0.3, 0.4) is 0 Å². The number of benzene rings is 5. The maximum atomic E-state index is 13.4. The first-order chi connectivity index (χ1) is 21.1. The van der Waals surface area contributed by atoms with Crippen LogP contribution in [-0.2, 0) is 0 Å². The molecule has 0 fully saturated rings. The number of hydrogen-bond acceptors (Lipinski definition) is 2. The Kier molecular flexibility index (Phi) is 6.41. The van der Waals surface area contributed by atoms with Crippen LogP contribution in [0.25, 0.3) is 61.8 Å². The molecule has 0 saturated carbocycles. The molecule has 0 saturated heterocycles. The average molecular weight is 554 g/mol. The summed E-state index contributed by atoms with van der Waals surface area (Å²) in [7, 11) is 0. The van der Waals surface area contributed by atoms with Gasteiger partial charge in [-0.15, -0.1) is 0 Å². The van der Waals surface area contributed by atoms with Gasteiger partial charge in [0.2, 0.25) is 0 Å². The molecule has 0 atom stereocenters. The second kappa shape index (κ2) is 10.6. The lowest BCUT2D eigenvalue weighted by Gasteiger charge is -2.10. The minimum Gasteiger partial charge on any atom is -0.361 e. The lowest BCUT2D eigenvalue weighted by atomic mass is 9.94. The average Bonchev–Trinajstić information content (AvgIpc) is 3.33. The van der Waals surface area contributed by atoms with E-state index < -0.39 is 0 Å². The van der Waals surface area contributed by atoms with E-state index in [9.17, 15) is 9.59 Å². The number of carbonyl (C=O) groups is 2. The molecule has 0 spiro atoms. The number of fused-ring (bicyclic) bond motifs is 5. The Bertz CT molecular complexity index is 2210. The zero-order valence-electron chi connectivity index (χ0n) is 23.4. The quantitative estimate of drug-likeness (QED) is 0.174. The van der Waals surface area contributed by atoms with Crippen molar-refractivity contribution >= 4 is 62.2 Å². The van der Waals surface area contributed by atoms with E-state index in [2.05, 4.69) is 90.9 Å². The molecule has 204 valence electrons. The standard InChI is InChI=1S/C40H27NO2/c1-3-26-23-34-35(24-27(26)4-2)40(43)36(39(34)42)21-25-13-17-33-30(20-25)16-18-37-38(33)32(12-6-5-9-19-41-37)31-15-14-28-10-7-8-11-29(28)22-31/h3-24,41H,1-2H2. The number of hydrogen-bond donors (Lipinski definition) is 1. The molecule has 7 rings (SSSR count). The van der Waals surface area contributed by atoms with Gasteiger partial charge in [0, 0.05) is 28.2 Å². The number of ketones is 2. The third kappa shape index (κ3) is 4.48. The summed E-state index contributed by atoms with van der Waals surface area (Å²) in [5, 5.41) is 5.53. The Morgan fingerprint density at radius 3 is 2.02 bits per heavy atom. The second-order valence-electron chi connectivity index (χ2n) is 10.7. The monoisotopic (exact) mass is 553 g/mol. The predicted molar refractivity (Wildman–Crippen MR) is 180 cm³/mol. The molecule has 3 nitrogen and oxygen atoms in total. The van der Waals surface area contributed by atoms with Gasteiger partial charge in [0.25, 0.3) is 0 Å². The van der Waals surface area contributed by atoms with Gasteiger partial charge in [0.05, 0.1) is 5.57 Å². The van der Waals surface area contributed by atoms with E-state index in [0.717, 1.165) is 49.5 Å². The summed E-state index contributed by atoms with van der Waals surface area (Å²) >= 11 is 0. The van der Waals surface area contributed by atoms with Crippen LogP contribution < -0.4 is 0 Å². The third-order valence-corrected chi connectivity index (χ3v) is 8.15. The van der Waals surface area contributed by atoms with Crippen LogP contribution in [0.4, 0.5) is 0 Å². The van der Waals surface area contributed by atoms with Crippen molar-refractivity contribution in [2.75, 3.05) is 0 Å². The van der Waals surface area contributed by atoms with E-state index in [1.807, 2.05) is 30.5 Å². The minimum absolute atomic E-state index is 0.169. The Balaban J connectivity index is 1.40. The molecule has 1 aliphatic carbocycles. The summed E-state index contributed by atoms with van der Waals surface area (Å²) in [4.78, 5) is 30.2. The Labute approximate surface area is 249 Å². The number of carbonyl (C=O) groups excluding carboxylic acids is 2. The van der Waals surface area contributed by atoms with Gasteiger partial charge in [-0.05, 0) is 91.8 Å². The first-order valence-electron chi connectivity index (χ1n) is 14.2. The first-order valence-corrected chi connectivity index (χ1v) is 14.2. The molecule has 0 aliphatic heterocycles. The van der Waals surface area contributed by atoms with Gasteiger partial charge in [-0.25, -0.2) is 0 Å². The van der Waals surface area contributed by atoms with E-state index in [1.165, 1.54) is 10.8 Å². The highest BCUT2D eigenvalue weighted by Crippen LogP contribution is 2.36. The maximum absolute atomic E-state index is 13.4. The first kappa shape index (κ1) is 26.1. The highest BCUT2D eigenvalue weighted by molar-refractivity contribution is 6.41. The van der Waals surface area contributed by atoms with Gasteiger partial charge in [-0.1, -0.05) is 98.1 Å². The van der Waals surface area contributed by atoms with Crippen molar-refractivity contribution in [2.24, 2.45) is 0 Å². The van der Waals surface area contributed by atoms with Crippen LogP contribution >= 0.6 is 0 Å². The van der Waals surface area contributed by atoms with Crippen LogP contribution in [0.2, 0.25) is 0 Å². The molecule has 0 radical (unpaired) electrons. The van der Waals surface area contributed by atoms with Crippen molar-refractivity contribution in [2.45, 2.75) is 0 Å². The van der Waals surface area contributed by atoms with Crippen LogP contribution in [0.5, 0.6) is 0 Å². The number of Topliss-reactive ketones (excluding diaryl/α,β-unsaturated/α-hetero) is 2. The molecule has 5 aromatic carbocycles. The van der Waals surface area contributed by atoms with Gasteiger partial charge >= 0.3 is 0 Å². The molecular weight excluding hydrogens is 526 g/mol. The van der Waals surface area contributed by atoms with Gasteiger partial charge in [-0.3, -0.25) is 9.59 Å². The Morgan fingerprint density at radius 2 is 1.28 bits per heavy atom. The number of nitrogens with one attached hydrogen (secondary N) is 1. The molecular formula is C40H27NO2. The fourth-order valence-corrected chi connectivity index (χ4v) is 5.99. The lowest BCUT2D eigenvalue weighted by Crippen LogP contribution is -2.00. The predicted octanol–water partition coefficient (Wildman–Crippen LogP) is 10.0. The number of H-pyrrole nitrogens is 1. The van der Waals surface area contributed by atoms with Gasteiger partial charge in [-0.2, -0.15) is 0 Å². The molecule has 1 heterocycles. The zero-order chi connectivity index (χ0) is 29.5. The summed E-state index contributed by atoms with van der Waals surface area (Å²) in [5.41, 5.74) is 6.54. The normalized spacial score (nSPS) is 12.4. The van der Waals surface area contributed by atoms with E-state index >= 15 is 0 Å². The number of aromatic nitrogens is 1. The summed E-state index contributed by atoms with van der Waals surface area (Å²) in [6.45, 7) is 7.67. The fraction of sp³-hybridized carbons (Fsp3) is 0. The third-order valence-electron chi connectivity index (χ3n) is 8.15. The van der Waals surface area contributed by atoms with Crippen LogP contribution in [0.1, 0.15) is 37.4 Å². The molecule has 43 heavy (non-hydrogen) atoms. The molecule has 1 N–H and O–H groups in total. The Hall–Kier alpha value is -5.80. The molecule has 6 aromatic rings. The molecule has 1 aliphatic rings. The number of allylic oxidation sites excluding steroid dienone is 1. The number of rotatable bonds is 4. The second-order valence-corrected chi connectivity index (χ2v) is 10.7. The van der Waals surface area contributed by atoms with Gasteiger partial charge in [0.1, 0.15) is 0 Å². The Morgan fingerprint density at radius 1 is 0.581 bits per heavy atom. The topological polar surface area (TPSA) is 49.9 Å². The van der Waals surface area contributed by atoms with Crippen molar-refractivity contribution in [1.82, 2.24) is 4.98 Å². The number of aromatic amines is 1. The van der Waals surface area contributed by atoms with Crippen molar-refractivity contribution in [3.63, 3.8) is 0 Å². The van der Waals surface area contributed by atoms with Crippen molar-refractivity contribution in [1.29, 1.82) is 0 Å². The van der Waals surface area contributed by atoms with Crippen molar-refractivity contribution in [3.05, 3.63) is 162 Å². The molecule has 3 heteroatoms. The molecule has 0 bridgehead atoms. The fourth-order valence-electron chi connectivity index (χ4n) is 5.99. The lowest BCUT2D eigenvalue weighted by molar-refractivity contribution is 0.0990. The molecule has 0 amide bonds. The van der Waals surface area contributed by atoms with Crippen molar-refractivity contribution in [3.8, 4) is 11.1 Å². The van der Waals surface area contributed by atoms with Gasteiger partial charge < -0.3 is 4.98 Å². The van der Waals surface area contributed by atoms with E-state index in [1.54, 1.807) is 30.4 Å². The van der Waals surface area contributed by atoms with E-state index in [0.29, 0.717) is 11.1 Å². The summed E-state index contributed by atoms with van der Waals surface area (Å²) in [6.07, 6.45) is 6.99. The van der Waals surface area contributed by atoms with Crippen LogP contribution in [-0.4, -0.2) is 16.6 Å². The van der Waals surface area contributed by atoms with Crippen LogP contribution in [0, 0.1) is 0 Å². The largest absolute Gasteiger partial charge is 0.361 e. The molecule has 1 aromatic heterocycles. The zero-order valence-corrected chi connectivity index (χ0v) is 23.4. The smallest absolute Gasteiger partial charge is 0.197 e. The summed E-state index contributed by atoms with van der Waals surface area (Å²) < 4.78 is 0. The van der Waals surface area contributed by atoms with Gasteiger partial charge in [0.15, 0.2) is 11.6 Å². The molecule has 0 unspecified atom stereocenters. The highest BCUT2D eigenvalue weighted by Gasteiger charge is 2.33. The van der Waals surface area contributed by atoms with E-state index in [-0.39, 0.29) is 17.1 Å². The van der Waals surface area contributed by atoms with E-state index in [4.69, 9.17) is 0 Å². The summed E-state index contributed by atoms with van der Waals surface area (Å²) in [5.74, 6) is -0.532. The minimum atomic E-state index is -0.266. The SMILES string of the molecule is C=Cc1cc2c(cc1C=C)C(=O)C(=Cc1ccc3c(ccc4[nH]cccccc(-c5ccc6ccccc6c5)c43)c1)C2=O. The highest BCUT2D eigenvalue weighted by atomic mass is 16.2. The van der Waals surface area contributed by atoms with Crippen LogP contribution in [0.15, 0.2) is 134 Å². The van der Waals surface area contributed by atoms with Crippen molar-refractivity contribution < 1.29 is 9.59 Å².